The second-order valence-corrected chi connectivity index (χ2v) is 8.88. The molecular weight excluding hydrogens is 360 g/mol. The molecule has 0 saturated heterocycles. The quantitative estimate of drug-likeness (QED) is 0.788. The first kappa shape index (κ1) is 19.4. The number of amides is 1. The smallest absolute Gasteiger partial charge is 0.235 e. The molecular formula is C21H26N2O3S. The largest absolute Gasteiger partial charge is 0.326 e. The summed E-state index contributed by atoms with van der Waals surface area (Å²) in [7, 11) is -3.32. The minimum Gasteiger partial charge on any atom is -0.326 e. The highest BCUT2D eigenvalue weighted by Crippen LogP contribution is 2.32. The number of hydrogen-bond acceptors (Lipinski definition) is 3. The van der Waals surface area contributed by atoms with Gasteiger partial charge in [-0.15, -0.1) is 0 Å². The first-order valence-corrected chi connectivity index (χ1v) is 11.1. The third-order valence-corrected chi connectivity index (χ3v) is 6.70. The number of nitrogens with zero attached hydrogens (tertiary/aromatic N) is 1. The second-order valence-electron chi connectivity index (χ2n) is 6.87. The minimum atomic E-state index is -3.32. The predicted octanol–water partition coefficient (Wildman–Crippen LogP) is 3.75. The van der Waals surface area contributed by atoms with Crippen LogP contribution >= 0.6 is 0 Å². The molecule has 1 aliphatic heterocycles. The van der Waals surface area contributed by atoms with E-state index >= 15 is 0 Å². The normalized spacial score (nSPS) is 13.9. The molecule has 0 unspecified atom stereocenters. The second kappa shape index (κ2) is 8.57. The summed E-state index contributed by atoms with van der Waals surface area (Å²) in [5.41, 5.74) is 3.49. The highest BCUT2D eigenvalue weighted by atomic mass is 32.2. The lowest BCUT2D eigenvalue weighted by atomic mass is 10.0. The van der Waals surface area contributed by atoms with E-state index in [0.717, 1.165) is 24.0 Å². The number of fused-ring (bicyclic) bond motifs is 1. The lowest BCUT2D eigenvalue weighted by Gasteiger charge is -2.31. The molecule has 0 fully saturated rings. The van der Waals surface area contributed by atoms with Gasteiger partial charge in [-0.05, 0) is 48.9 Å². The van der Waals surface area contributed by atoms with Crippen LogP contribution in [-0.4, -0.2) is 26.6 Å². The molecule has 0 bridgehead atoms. The number of carbonyl (C=O) groups excluding carboxylic acids is 1. The highest BCUT2D eigenvalue weighted by molar-refractivity contribution is 7.92. The standard InChI is InChI=1S/C21H26N2O3S/c1-2-15-27(25,26)23-14-6-9-18-11-12-19(16-20(18)23)22-21(24)13-10-17-7-4-3-5-8-17/h3-5,7-8,11-12,16H,2,6,9-10,13-15H2,1H3,(H,22,24). The Morgan fingerprint density at radius 3 is 2.67 bits per heavy atom. The van der Waals surface area contributed by atoms with Crippen molar-refractivity contribution in [3.05, 3.63) is 59.7 Å². The van der Waals surface area contributed by atoms with Gasteiger partial charge in [-0.2, -0.15) is 0 Å². The van der Waals surface area contributed by atoms with E-state index in [4.69, 9.17) is 0 Å². The molecule has 2 aromatic rings. The monoisotopic (exact) mass is 386 g/mol. The summed E-state index contributed by atoms with van der Waals surface area (Å²) in [6, 6.07) is 15.5. The van der Waals surface area contributed by atoms with E-state index in [9.17, 15) is 13.2 Å². The van der Waals surface area contributed by atoms with Crippen LogP contribution in [0.25, 0.3) is 0 Å². The van der Waals surface area contributed by atoms with Crippen LogP contribution in [0.4, 0.5) is 11.4 Å². The molecule has 1 amide bonds. The number of carbonyl (C=O) groups is 1. The van der Waals surface area contributed by atoms with E-state index in [2.05, 4.69) is 5.32 Å². The fourth-order valence-corrected chi connectivity index (χ4v) is 5.02. The third kappa shape index (κ3) is 4.89. The molecule has 0 radical (unpaired) electrons. The van der Waals surface area contributed by atoms with Gasteiger partial charge in [0.05, 0.1) is 11.4 Å². The highest BCUT2D eigenvalue weighted by Gasteiger charge is 2.27. The summed E-state index contributed by atoms with van der Waals surface area (Å²) in [4.78, 5) is 12.3. The summed E-state index contributed by atoms with van der Waals surface area (Å²) in [5, 5.41) is 2.91. The Bertz CT molecular complexity index is 895. The maximum atomic E-state index is 12.6. The predicted molar refractivity (Wildman–Crippen MR) is 110 cm³/mol. The SMILES string of the molecule is CCCS(=O)(=O)N1CCCc2ccc(NC(=O)CCc3ccccc3)cc21. The van der Waals surface area contributed by atoms with Crippen LogP contribution in [0.3, 0.4) is 0 Å². The van der Waals surface area contributed by atoms with Gasteiger partial charge >= 0.3 is 0 Å². The van der Waals surface area contributed by atoms with Gasteiger partial charge in [-0.1, -0.05) is 43.3 Å². The number of benzene rings is 2. The molecule has 1 aliphatic rings. The number of hydrogen-bond donors (Lipinski definition) is 1. The van der Waals surface area contributed by atoms with Crippen LogP contribution in [0.15, 0.2) is 48.5 Å². The molecule has 2 aromatic carbocycles. The molecule has 1 heterocycles. The fraction of sp³-hybridized carbons (Fsp3) is 0.381. The van der Waals surface area contributed by atoms with Crippen molar-refractivity contribution in [1.82, 2.24) is 0 Å². The Morgan fingerprint density at radius 2 is 1.93 bits per heavy atom. The lowest BCUT2D eigenvalue weighted by molar-refractivity contribution is -0.116. The first-order chi connectivity index (χ1) is 13.0. The molecule has 0 atom stereocenters. The van der Waals surface area contributed by atoms with E-state index in [1.807, 2.05) is 49.4 Å². The minimum absolute atomic E-state index is 0.0717. The Hall–Kier alpha value is -2.34. The van der Waals surface area contributed by atoms with Gasteiger partial charge in [0.2, 0.25) is 15.9 Å². The summed E-state index contributed by atoms with van der Waals surface area (Å²) in [5.74, 6) is 0.0673. The van der Waals surface area contributed by atoms with Crippen molar-refractivity contribution in [2.75, 3.05) is 21.9 Å². The summed E-state index contributed by atoms with van der Waals surface area (Å²) in [6.45, 7) is 2.37. The van der Waals surface area contributed by atoms with Crippen molar-refractivity contribution >= 4 is 27.3 Å². The molecule has 0 spiro atoms. The maximum absolute atomic E-state index is 12.6. The van der Waals surface area contributed by atoms with Gasteiger partial charge < -0.3 is 5.32 Å². The first-order valence-electron chi connectivity index (χ1n) is 9.47. The van der Waals surface area contributed by atoms with Crippen molar-refractivity contribution < 1.29 is 13.2 Å². The van der Waals surface area contributed by atoms with E-state index in [-0.39, 0.29) is 11.7 Å². The molecule has 0 saturated carbocycles. The Balaban J connectivity index is 1.71. The average molecular weight is 387 g/mol. The van der Waals surface area contributed by atoms with Crippen molar-refractivity contribution in [3.8, 4) is 0 Å². The number of anilines is 2. The Kier molecular flexibility index (Phi) is 6.16. The van der Waals surface area contributed by atoms with Crippen molar-refractivity contribution in [2.24, 2.45) is 0 Å². The number of rotatable bonds is 7. The van der Waals surface area contributed by atoms with Crippen LogP contribution in [0.1, 0.15) is 37.3 Å². The summed E-state index contributed by atoms with van der Waals surface area (Å²) >= 11 is 0. The lowest BCUT2D eigenvalue weighted by Crippen LogP contribution is -2.37. The van der Waals surface area contributed by atoms with Crippen molar-refractivity contribution in [2.45, 2.75) is 39.0 Å². The number of aryl methyl sites for hydroxylation is 2. The van der Waals surface area contributed by atoms with Crippen LogP contribution in [-0.2, 0) is 27.7 Å². The Morgan fingerprint density at radius 1 is 1.15 bits per heavy atom. The van der Waals surface area contributed by atoms with Gasteiger partial charge in [0.1, 0.15) is 0 Å². The maximum Gasteiger partial charge on any atom is 0.235 e. The average Bonchev–Trinajstić information content (AvgIpc) is 2.66. The number of nitrogens with one attached hydrogen (secondary N) is 1. The topological polar surface area (TPSA) is 66.5 Å². The zero-order chi connectivity index (χ0) is 19.3. The van der Waals surface area contributed by atoms with Crippen molar-refractivity contribution in [1.29, 1.82) is 0 Å². The van der Waals surface area contributed by atoms with Gasteiger partial charge in [0.15, 0.2) is 0 Å². The zero-order valence-corrected chi connectivity index (χ0v) is 16.5. The van der Waals surface area contributed by atoms with Gasteiger partial charge in [-0.25, -0.2) is 8.42 Å². The van der Waals surface area contributed by atoms with Crippen LogP contribution in [0.5, 0.6) is 0 Å². The fourth-order valence-electron chi connectivity index (χ4n) is 3.40. The van der Waals surface area contributed by atoms with Gasteiger partial charge in [-0.3, -0.25) is 9.10 Å². The van der Waals surface area contributed by atoms with E-state index in [0.29, 0.717) is 37.2 Å². The van der Waals surface area contributed by atoms with Gasteiger partial charge in [0, 0.05) is 18.7 Å². The van der Waals surface area contributed by atoms with Crippen LogP contribution in [0, 0.1) is 0 Å². The third-order valence-electron chi connectivity index (χ3n) is 4.73. The number of sulfonamides is 1. The van der Waals surface area contributed by atoms with Crippen LogP contribution in [0.2, 0.25) is 0 Å². The van der Waals surface area contributed by atoms with Crippen LogP contribution < -0.4 is 9.62 Å². The Labute approximate surface area is 161 Å². The molecule has 27 heavy (non-hydrogen) atoms. The zero-order valence-electron chi connectivity index (χ0n) is 15.6. The van der Waals surface area contributed by atoms with E-state index in [1.54, 1.807) is 6.07 Å². The summed E-state index contributed by atoms with van der Waals surface area (Å²) in [6.07, 6.45) is 3.33. The van der Waals surface area contributed by atoms with Gasteiger partial charge in [0.25, 0.3) is 0 Å². The van der Waals surface area contributed by atoms with Crippen molar-refractivity contribution in [3.63, 3.8) is 0 Å². The molecule has 1 N–H and O–H groups in total. The molecule has 3 rings (SSSR count). The molecule has 0 aliphatic carbocycles. The molecule has 0 aromatic heterocycles. The molecule has 6 heteroatoms. The van der Waals surface area contributed by atoms with E-state index in [1.165, 1.54) is 4.31 Å². The summed E-state index contributed by atoms with van der Waals surface area (Å²) < 4.78 is 26.7. The molecule has 5 nitrogen and oxygen atoms in total. The van der Waals surface area contributed by atoms with E-state index < -0.39 is 10.0 Å². The molecule has 144 valence electrons.